The summed E-state index contributed by atoms with van der Waals surface area (Å²) in [7, 11) is 3.44. The summed E-state index contributed by atoms with van der Waals surface area (Å²) in [6.45, 7) is -0.376. The van der Waals surface area contributed by atoms with Crippen molar-refractivity contribution in [2.45, 2.75) is 13.1 Å². The van der Waals surface area contributed by atoms with E-state index >= 15 is 0 Å². The minimum atomic E-state index is -0.824. The first-order chi connectivity index (χ1) is 17.2. The van der Waals surface area contributed by atoms with Gasteiger partial charge in [-0.15, -0.1) is 0 Å². The Morgan fingerprint density at radius 2 is 1.83 bits per heavy atom. The van der Waals surface area contributed by atoms with Gasteiger partial charge in [0.15, 0.2) is 5.82 Å². The minimum Gasteiger partial charge on any atom is -0.324 e. The topological polar surface area (TPSA) is 117 Å². The van der Waals surface area contributed by atoms with Gasteiger partial charge in [-0.2, -0.15) is 15.2 Å². The summed E-state index contributed by atoms with van der Waals surface area (Å²) in [6.07, 6.45) is 3.24. The maximum Gasteiger partial charge on any atom is 0.355 e. The van der Waals surface area contributed by atoms with Crippen molar-refractivity contribution >= 4 is 45.7 Å². The number of anilines is 2. The Labute approximate surface area is 212 Å². The van der Waals surface area contributed by atoms with Crippen LogP contribution < -0.4 is 16.7 Å². The number of fused-ring (bicyclic) bond motifs is 1. The first kappa shape index (κ1) is 23.7. The summed E-state index contributed by atoms with van der Waals surface area (Å²) in [5, 5.41) is 12.3. The third-order valence-corrected chi connectivity index (χ3v) is 6.15. The standard InChI is InChI=1S/C22H18Cl2FN9O2/c1-31-8-13-6-17(14(23)7-16(13)29-31)27-20-28-21(35)34(10-18-26-11-32(2)30-18)22(36)33(20)9-12-4-3-5-15(25)19(12)24/h3-8,11H,9-10H2,1-2H3,(H,27,28,35). The van der Waals surface area contributed by atoms with Crippen molar-refractivity contribution in [3.05, 3.63) is 91.1 Å². The van der Waals surface area contributed by atoms with Gasteiger partial charge in [-0.3, -0.25) is 13.9 Å². The Balaban J connectivity index is 1.64. The molecule has 0 saturated heterocycles. The van der Waals surface area contributed by atoms with Crippen molar-refractivity contribution in [2.75, 3.05) is 5.32 Å². The lowest BCUT2D eigenvalue weighted by atomic mass is 10.2. The second kappa shape index (κ2) is 9.21. The third-order valence-electron chi connectivity index (χ3n) is 5.41. The monoisotopic (exact) mass is 529 g/mol. The first-order valence-corrected chi connectivity index (χ1v) is 11.3. The molecule has 0 aliphatic rings. The SMILES string of the molecule is Cn1cnc(Cn2c(=O)nc(Nc3cc4cn(C)nc4cc3Cl)n(Cc3cccc(F)c3Cl)c2=O)n1. The molecule has 0 aliphatic heterocycles. The third kappa shape index (κ3) is 4.48. The summed E-state index contributed by atoms with van der Waals surface area (Å²) in [6, 6.07) is 7.64. The molecule has 184 valence electrons. The molecule has 0 fully saturated rings. The number of rotatable bonds is 6. The molecule has 36 heavy (non-hydrogen) atoms. The van der Waals surface area contributed by atoms with E-state index in [0.29, 0.717) is 21.8 Å². The zero-order chi connectivity index (χ0) is 25.6. The molecule has 11 nitrogen and oxygen atoms in total. The quantitative estimate of drug-likeness (QED) is 0.359. The molecule has 3 heterocycles. The highest BCUT2D eigenvalue weighted by molar-refractivity contribution is 6.34. The number of benzene rings is 2. The zero-order valence-corrected chi connectivity index (χ0v) is 20.5. The summed E-state index contributed by atoms with van der Waals surface area (Å²) >= 11 is 12.6. The Bertz CT molecular complexity index is 1740. The largest absolute Gasteiger partial charge is 0.355 e. The molecule has 0 atom stereocenters. The second-order valence-electron chi connectivity index (χ2n) is 8.04. The molecule has 14 heteroatoms. The van der Waals surface area contributed by atoms with Gasteiger partial charge in [0.2, 0.25) is 5.95 Å². The fourth-order valence-electron chi connectivity index (χ4n) is 3.73. The predicted molar refractivity (Wildman–Crippen MR) is 132 cm³/mol. The van der Waals surface area contributed by atoms with Crippen molar-refractivity contribution in [3.8, 4) is 0 Å². The molecular formula is C22H18Cl2FN9O2. The predicted octanol–water partition coefficient (Wildman–Crippen LogP) is 2.71. The van der Waals surface area contributed by atoms with E-state index in [1.54, 1.807) is 43.2 Å². The van der Waals surface area contributed by atoms with Crippen LogP contribution in [0.2, 0.25) is 10.0 Å². The van der Waals surface area contributed by atoms with Gasteiger partial charge in [-0.25, -0.2) is 23.5 Å². The Morgan fingerprint density at radius 1 is 1.03 bits per heavy atom. The lowest BCUT2D eigenvalue weighted by molar-refractivity contribution is 0.571. The second-order valence-corrected chi connectivity index (χ2v) is 8.82. The molecule has 5 rings (SSSR count). The van der Waals surface area contributed by atoms with Gasteiger partial charge in [-0.1, -0.05) is 35.3 Å². The average Bonchev–Trinajstić information content (AvgIpc) is 3.40. The van der Waals surface area contributed by atoms with Crippen LogP contribution in [0.1, 0.15) is 11.4 Å². The summed E-state index contributed by atoms with van der Waals surface area (Å²) in [4.78, 5) is 34.6. The first-order valence-electron chi connectivity index (χ1n) is 10.6. The van der Waals surface area contributed by atoms with Crippen LogP contribution in [0.4, 0.5) is 16.0 Å². The van der Waals surface area contributed by atoms with Gasteiger partial charge in [0.05, 0.1) is 34.3 Å². The van der Waals surface area contributed by atoms with Crippen molar-refractivity contribution < 1.29 is 4.39 Å². The molecule has 0 unspecified atom stereocenters. The van der Waals surface area contributed by atoms with E-state index in [2.05, 4.69) is 25.5 Å². The lowest BCUT2D eigenvalue weighted by Crippen LogP contribution is -2.43. The number of nitrogens with zero attached hydrogens (tertiary/aromatic N) is 8. The zero-order valence-electron chi connectivity index (χ0n) is 19.0. The van der Waals surface area contributed by atoms with E-state index in [-0.39, 0.29) is 29.9 Å². The van der Waals surface area contributed by atoms with Gasteiger partial charge in [0.1, 0.15) is 12.1 Å². The number of hydrogen-bond donors (Lipinski definition) is 1. The molecule has 0 radical (unpaired) electrons. The molecule has 0 aliphatic carbocycles. The Kier molecular flexibility index (Phi) is 6.06. The maximum atomic E-state index is 14.1. The summed E-state index contributed by atoms with van der Waals surface area (Å²) in [5.41, 5.74) is -0.160. The molecule has 5 aromatic rings. The van der Waals surface area contributed by atoms with Gasteiger partial charge < -0.3 is 5.32 Å². The van der Waals surface area contributed by atoms with Crippen molar-refractivity contribution in [1.29, 1.82) is 0 Å². The number of aryl methyl sites for hydroxylation is 2. The maximum absolute atomic E-state index is 14.1. The molecule has 3 aromatic heterocycles. The van der Waals surface area contributed by atoms with Gasteiger partial charge in [0, 0.05) is 25.7 Å². The highest BCUT2D eigenvalue weighted by Gasteiger charge is 2.18. The molecule has 0 amide bonds. The molecule has 0 bridgehead atoms. The van der Waals surface area contributed by atoms with E-state index < -0.39 is 17.2 Å². The molecule has 2 aromatic carbocycles. The van der Waals surface area contributed by atoms with Crippen LogP contribution in [-0.2, 0) is 27.2 Å². The number of aromatic nitrogens is 8. The van der Waals surface area contributed by atoms with Gasteiger partial charge in [0.25, 0.3) is 0 Å². The number of halogens is 3. The van der Waals surface area contributed by atoms with Crippen LogP contribution in [0.15, 0.2) is 52.4 Å². The fraction of sp³-hybridized carbons (Fsp3) is 0.182. The highest BCUT2D eigenvalue weighted by atomic mass is 35.5. The van der Waals surface area contributed by atoms with Crippen molar-refractivity contribution in [1.82, 2.24) is 38.7 Å². The number of nitrogens with one attached hydrogen (secondary N) is 1. The van der Waals surface area contributed by atoms with Crippen LogP contribution in [0.25, 0.3) is 10.9 Å². The molecule has 0 spiro atoms. The van der Waals surface area contributed by atoms with E-state index in [1.807, 2.05) is 0 Å². The summed E-state index contributed by atoms with van der Waals surface area (Å²) in [5.74, 6) is -0.485. The Morgan fingerprint density at radius 3 is 2.58 bits per heavy atom. The van der Waals surface area contributed by atoms with E-state index in [9.17, 15) is 14.0 Å². The molecular weight excluding hydrogens is 512 g/mol. The summed E-state index contributed by atoms with van der Waals surface area (Å²) < 4.78 is 19.3. The molecule has 0 saturated carbocycles. The van der Waals surface area contributed by atoms with Crippen LogP contribution >= 0.6 is 23.2 Å². The van der Waals surface area contributed by atoms with E-state index in [4.69, 9.17) is 23.2 Å². The van der Waals surface area contributed by atoms with E-state index in [0.717, 1.165) is 9.95 Å². The van der Waals surface area contributed by atoms with Crippen LogP contribution in [-0.4, -0.2) is 38.7 Å². The van der Waals surface area contributed by atoms with E-state index in [1.165, 1.54) is 27.7 Å². The smallest absolute Gasteiger partial charge is 0.324 e. The Hall–Kier alpha value is -4.03. The minimum absolute atomic E-state index is 0.0966. The van der Waals surface area contributed by atoms with Gasteiger partial charge >= 0.3 is 11.4 Å². The lowest BCUT2D eigenvalue weighted by Gasteiger charge is -2.16. The molecule has 1 N–H and O–H groups in total. The van der Waals surface area contributed by atoms with Crippen LogP contribution in [0, 0.1) is 5.82 Å². The van der Waals surface area contributed by atoms with Crippen LogP contribution in [0.3, 0.4) is 0 Å². The fourth-order valence-corrected chi connectivity index (χ4v) is 4.12. The van der Waals surface area contributed by atoms with Crippen molar-refractivity contribution in [3.63, 3.8) is 0 Å². The van der Waals surface area contributed by atoms with Crippen LogP contribution in [0.5, 0.6) is 0 Å². The highest BCUT2D eigenvalue weighted by Crippen LogP contribution is 2.29. The average molecular weight is 530 g/mol. The van der Waals surface area contributed by atoms with Crippen molar-refractivity contribution in [2.24, 2.45) is 14.1 Å². The van der Waals surface area contributed by atoms with Gasteiger partial charge in [-0.05, 0) is 23.8 Å². The normalized spacial score (nSPS) is 11.4. The number of hydrogen-bond acceptors (Lipinski definition) is 7.